The maximum absolute atomic E-state index is 9.72. The van der Waals surface area contributed by atoms with E-state index < -0.39 is 0 Å². The van der Waals surface area contributed by atoms with Crippen molar-refractivity contribution in [2.75, 3.05) is 0 Å². The molecule has 0 aliphatic heterocycles. The van der Waals surface area contributed by atoms with Crippen LogP contribution < -0.4 is 0 Å². The van der Waals surface area contributed by atoms with Crippen LogP contribution >= 0.6 is 0 Å². The molecule has 0 aliphatic rings. The molecule has 0 spiro atoms. The van der Waals surface area contributed by atoms with Crippen molar-refractivity contribution < 1.29 is 9.21 Å². The monoisotopic (exact) mass is 135 g/mol. The smallest absolute Gasteiger partial charge is 0.240 e. The van der Waals surface area contributed by atoms with Crippen molar-refractivity contribution in [2.24, 2.45) is 4.99 Å². The summed E-state index contributed by atoms with van der Waals surface area (Å²) in [7, 11) is 0. The fourth-order valence-corrected chi connectivity index (χ4v) is 0.553. The molecule has 0 atom stereocenters. The molecule has 0 fully saturated rings. The molecule has 0 aliphatic carbocycles. The van der Waals surface area contributed by atoms with Crippen LogP contribution in [0, 0.1) is 0 Å². The number of carbonyl (C=O) groups excluding carboxylic acids is 1. The van der Waals surface area contributed by atoms with E-state index in [4.69, 9.17) is 4.42 Å². The maximum atomic E-state index is 9.72. The fraction of sp³-hybridized carbons (Fsp3) is 0. The number of hydrogen-bond acceptors (Lipinski definition) is 3. The van der Waals surface area contributed by atoms with E-state index in [2.05, 4.69) is 11.6 Å². The first-order valence-corrected chi connectivity index (χ1v) is 2.65. The molecule has 1 aromatic rings. The SMILES string of the molecule is C=C(N=C=O)c1ccco1. The highest BCUT2D eigenvalue weighted by atomic mass is 16.3. The Morgan fingerprint density at radius 3 is 3.10 bits per heavy atom. The van der Waals surface area contributed by atoms with Crippen molar-refractivity contribution in [1.82, 2.24) is 0 Å². The summed E-state index contributed by atoms with van der Waals surface area (Å²) in [6, 6.07) is 3.37. The fourth-order valence-electron chi connectivity index (χ4n) is 0.553. The predicted molar refractivity (Wildman–Crippen MR) is 35.9 cm³/mol. The summed E-state index contributed by atoms with van der Waals surface area (Å²) in [5, 5.41) is 0. The van der Waals surface area contributed by atoms with Crippen LogP contribution in [-0.4, -0.2) is 6.08 Å². The summed E-state index contributed by atoms with van der Waals surface area (Å²) in [5.74, 6) is 0.489. The lowest BCUT2D eigenvalue weighted by atomic mass is 10.4. The molecule has 3 heteroatoms. The van der Waals surface area contributed by atoms with E-state index in [9.17, 15) is 4.79 Å². The van der Waals surface area contributed by atoms with E-state index in [-0.39, 0.29) is 0 Å². The molecule has 1 aromatic heterocycles. The molecule has 0 aromatic carbocycles. The molecule has 1 rings (SSSR count). The number of aliphatic imine (C=N–C) groups is 1. The highest BCUT2D eigenvalue weighted by molar-refractivity contribution is 5.63. The topological polar surface area (TPSA) is 42.6 Å². The van der Waals surface area contributed by atoms with Gasteiger partial charge in [0.05, 0.1) is 6.26 Å². The van der Waals surface area contributed by atoms with Gasteiger partial charge in [0.2, 0.25) is 6.08 Å². The summed E-state index contributed by atoms with van der Waals surface area (Å²) >= 11 is 0. The Bertz CT molecular complexity index is 268. The van der Waals surface area contributed by atoms with E-state index >= 15 is 0 Å². The lowest BCUT2D eigenvalue weighted by Gasteiger charge is -1.86. The van der Waals surface area contributed by atoms with Gasteiger partial charge in [-0.25, -0.2) is 4.79 Å². The minimum absolute atomic E-state index is 0.292. The average Bonchev–Trinajstić information content (AvgIpc) is 2.38. The Labute approximate surface area is 57.7 Å². The van der Waals surface area contributed by atoms with Gasteiger partial charge in [0.1, 0.15) is 5.70 Å². The second-order valence-corrected chi connectivity index (χ2v) is 1.63. The van der Waals surface area contributed by atoms with Gasteiger partial charge in [-0.15, -0.1) is 0 Å². The van der Waals surface area contributed by atoms with Crippen molar-refractivity contribution in [3.8, 4) is 0 Å². The lowest BCUT2D eigenvalue weighted by molar-refractivity contribution is 0.549. The number of rotatable bonds is 2. The molecule has 3 nitrogen and oxygen atoms in total. The van der Waals surface area contributed by atoms with Gasteiger partial charge >= 0.3 is 0 Å². The molecule has 0 saturated carbocycles. The summed E-state index contributed by atoms with van der Waals surface area (Å²) in [5.41, 5.74) is 0.292. The third-order valence-electron chi connectivity index (χ3n) is 0.986. The van der Waals surface area contributed by atoms with Gasteiger partial charge in [-0.3, -0.25) is 0 Å². The summed E-state index contributed by atoms with van der Waals surface area (Å²) in [6.45, 7) is 3.46. The summed E-state index contributed by atoms with van der Waals surface area (Å²) < 4.78 is 4.88. The summed E-state index contributed by atoms with van der Waals surface area (Å²) in [6.07, 6.45) is 2.86. The van der Waals surface area contributed by atoms with Gasteiger partial charge < -0.3 is 4.42 Å². The highest BCUT2D eigenvalue weighted by Gasteiger charge is 1.96. The molecular weight excluding hydrogens is 130 g/mol. The van der Waals surface area contributed by atoms with Gasteiger partial charge in [-0.05, 0) is 12.1 Å². The minimum Gasteiger partial charge on any atom is -0.463 e. The van der Waals surface area contributed by atoms with Crippen LogP contribution in [0.25, 0.3) is 5.70 Å². The first-order chi connectivity index (χ1) is 4.84. The predicted octanol–water partition coefficient (Wildman–Crippen LogP) is 1.59. The molecule has 10 heavy (non-hydrogen) atoms. The Morgan fingerprint density at radius 2 is 2.60 bits per heavy atom. The summed E-state index contributed by atoms with van der Waals surface area (Å²) in [4.78, 5) is 13.0. The molecule has 0 N–H and O–H groups in total. The Hall–Kier alpha value is -1.60. The first kappa shape index (κ1) is 6.52. The van der Waals surface area contributed by atoms with Gasteiger partial charge in [0.25, 0.3) is 0 Å². The quantitative estimate of drug-likeness (QED) is 0.456. The van der Waals surface area contributed by atoms with Crippen LogP contribution in [0.2, 0.25) is 0 Å². The van der Waals surface area contributed by atoms with E-state index in [0.29, 0.717) is 11.5 Å². The van der Waals surface area contributed by atoms with Gasteiger partial charge in [-0.1, -0.05) is 6.58 Å². The second-order valence-electron chi connectivity index (χ2n) is 1.63. The Kier molecular flexibility index (Phi) is 1.83. The first-order valence-electron chi connectivity index (χ1n) is 2.65. The number of isocyanates is 1. The van der Waals surface area contributed by atoms with Crippen molar-refractivity contribution in [3.05, 3.63) is 30.7 Å². The second kappa shape index (κ2) is 2.80. The molecule has 1 heterocycles. The average molecular weight is 135 g/mol. The van der Waals surface area contributed by atoms with E-state index in [0.717, 1.165) is 0 Å². The third kappa shape index (κ3) is 1.21. The standard InChI is InChI=1S/C7H5NO2/c1-6(8-5-9)7-3-2-4-10-7/h2-4H,1H2. The van der Waals surface area contributed by atoms with E-state index in [1.807, 2.05) is 0 Å². The number of nitrogens with zero attached hydrogens (tertiary/aromatic N) is 1. The highest BCUT2D eigenvalue weighted by Crippen LogP contribution is 2.11. The molecule has 0 amide bonds. The molecular formula is C7H5NO2. The normalized spacial score (nSPS) is 8.40. The molecule has 0 radical (unpaired) electrons. The lowest BCUT2D eigenvalue weighted by Crippen LogP contribution is -1.70. The van der Waals surface area contributed by atoms with Gasteiger partial charge in [-0.2, -0.15) is 4.99 Å². The molecule has 0 bridgehead atoms. The van der Waals surface area contributed by atoms with E-state index in [1.165, 1.54) is 12.3 Å². The minimum atomic E-state index is 0.292. The maximum Gasteiger partial charge on any atom is 0.240 e. The zero-order chi connectivity index (χ0) is 7.40. The Balaban J connectivity index is 2.87. The Morgan fingerprint density at radius 1 is 1.80 bits per heavy atom. The van der Waals surface area contributed by atoms with Crippen LogP contribution in [0.1, 0.15) is 5.76 Å². The van der Waals surface area contributed by atoms with Gasteiger partial charge in [0, 0.05) is 0 Å². The van der Waals surface area contributed by atoms with Crippen LogP contribution in [0.15, 0.2) is 34.4 Å². The van der Waals surface area contributed by atoms with Crippen LogP contribution in [-0.2, 0) is 4.79 Å². The van der Waals surface area contributed by atoms with Crippen molar-refractivity contribution in [1.29, 1.82) is 0 Å². The van der Waals surface area contributed by atoms with Crippen LogP contribution in [0.4, 0.5) is 0 Å². The zero-order valence-electron chi connectivity index (χ0n) is 5.20. The molecule has 0 saturated heterocycles. The molecule has 0 unspecified atom stereocenters. The van der Waals surface area contributed by atoms with Crippen molar-refractivity contribution >= 4 is 11.8 Å². The molecule has 50 valence electrons. The number of furan rings is 1. The van der Waals surface area contributed by atoms with Gasteiger partial charge in [0.15, 0.2) is 5.76 Å². The van der Waals surface area contributed by atoms with Crippen molar-refractivity contribution in [3.63, 3.8) is 0 Å². The van der Waals surface area contributed by atoms with Crippen LogP contribution in [0.5, 0.6) is 0 Å². The van der Waals surface area contributed by atoms with Crippen LogP contribution in [0.3, 0.4) is 0 Å². The zero-order valence-corrected chi connectivity index (χ0v) is 5.20. The van der Waals surface area contributed by atoms with Crippen molar-refractivity contribution in [2.45, 2.75) is 0 Å². The third-order valence-corrected chi connectivity index (χ3v) is 0.986. The number of hydrogen-bond donors (Lipinski definition) is 0. The van der Waals surface area contributed by atoms with E-state index in [1.54, 1.807) is 12.1 Å². The largest absolute Gasteiger partial charge is 0.463 e.